The topological polar surface area (TPSA) is 26.0 Å². The van der Waals surface area contributed by atoms with Gasteiger partial charge in [-0.05, 0) is 34.5 Å². The van der Waals surface area contributed by atoms with Crippen LogP contribution >= 0.6 is 15.9 Å². The second-order valence-corrected chi connectivity index (χ2v) is 6.12. The predicted molar refractivity (Wildman–Crippen MR) is 66.0 cm³/mol. The molecule has 0 spiro atoms. The first-order valence-electron chi connectivity index (χ1n) is 5.73. The highest BCUT2D eigenvalue weighted by Crippen LogP contribution is 2.73. The van der Waals surface area contributed by atoms with Gasteiger partial charge in [0.05, 0.1) is 0 Å². The average molecular weight is 398 g/mol. The maximum Gasteiger partial charge on any atom is 0.380 e. The van der Waals surface area contributed by atoms with Gasteiger partial charge < -0.3 is 5.73 Å². The van der Waals surface area contributed by atoms with Crippen LogP contribution in [0.4, 0.5) is 40.8 Å². The molecule has 1 aliphatic rings. The summed E-state index contributed by atoms with van der Waals surface area (Å²) in [4.78, 5) is 0. The minimum absolute atomic E-state index is 0.0359. The normalized spacial score (nSPS) is 35.5. The summed E-state index contributed by atoms with van der Waals surface area (Å²) in [6, 6.07) is 1.82. The zero-order valence-corrected chi connectivity index (χ0v) is 12.3. The van der Waals surface area contributed by atoms with Crippen LogP contribution in [0.15, 0.2) is 18.2 Å². The van der Waals surface area contributed by atoms with E-state index in [0.29, 0.717) is 12.1 Å². The number of alkyl halides is 9. The van der Waals surface area contributed by atoms with Crippen molar-refractivity contribution >= 4 is 21.6 Å². The Kier molecular flexibility index (Phi) is 3.36. The maximum absolute atomic E-state index is 14.7. The van der Waals surface area contributed by atoms with Crippen LogP contribution in [0.2, 0.25) is 0 Å². The van der Waals surface area contributed by atoms with Crippen molar-refractivity contribution in [3.63, 3.8) is 0 Å². The van der Waals surface area contributed by atoms with Gasteiger partial charge in [0.15, 0.2) is 0 Å². The first-order valence-corrected chi connectivity index (χ1v) is 6.52. The fourth-order valence-electron chi connectivity index (χ4n) is 2.28. The third-order valence-corrected chi connectivity index (χ3v) is 4.76. The molecule has 1 aromatic carbocycles. The zero-order chi connectivity index (χ0) is 17.4. The van der Waals surface area contributed by atoms with E-state index in [0.717, 1.165) is 6.07 Å². The lowest BCUT2D eigenvalue weighted by Gasteiger charge is -2.33. The van der Waals surface area contributed by atoms with E-state index in [9.17, 15) is 35.1 Å². The number of nitrogen functional groups attached to an aromatic ring is 1. The van der Waals surface area contributed by atoms with Gasteiger partial charge in [-0.15, -0.1) is 0 Å². The molecule has 2 rings (SSSR count). The summed E-state index contributed by atoms with van der Waals surface area (Å²) in [5.41, 5.74) is -1.12. The van der Waals surface area contributed by atoms with Crippen molar-refractivity contribution in [2.75, 3.05) is 5.73 Å². The van der Waals surface area contributed by atoms with Crippen molar-refractivity contribution < 1.29 is 35.1 Å². The molecule has 0 aromatic heterocycles. The molecule has 1 fully saturated rings. The van der Waals surface area contributed by atoms with E-state index < -0.39 is 33.6 Å². The molecule has 0 radical (unpaired) electrons. The summed E-state index contributed by atoms with van der Waals surface area (Å²) in [5.74, 6) is -18.2. The fourth-order valence-corrected chi connectivity index (χ4v) is 3.00. The predicted octanol–water partition coefficient (Wildman–Crippen LogP) is 4.72. The van der Waals surface area contributed by atoms with Crippen LogP contribution in [0, 0.1) is 6.92 Å². The van der Waals surface area contributed by atoms with Crippen LogP contribution in [0.3, 0.4) is 0 Å². The summed E-state index contributed by atoms with van der Waals surface area (Å²) in [6.07, 6.45) is 0. The molecule has 1 aromatic rings. The van der Waals surface area contributed by atoms with Crippen LogP contribution in [-0.2, 0) is 5.67 Å². The van der Waals surface area contributed by atoms with Gasteiger partial charge in [-0.3, -0.25) is 0 Å². The lowest BCUT2D eigenvalue weighted by atomic mass is 9.88. The number of hydrogen-bond donors (Lipinski definition) is 1. The van der Waals surface area contributed by atoms with E-state index in [-0.39, 0.29) is 11.3 Å². The highest BCUT2D eigenvalue weighted by Gasteiger charge is 2.99. The number of hydrogen-bond acceptors (Lipinski definition) is 1. The Hall–Kier alpha value is -1.06. The Morgan fingerprint density at radius 1 is 0.864 bits per heavy atom. The molecule has 22 heavy (non-hydrogen) atoms. The van der Waals surface area contributed by atoms with E-state index in [2.05, 4.69) is 0 Å². The molecule has 0 bridgehead atoms. The number of rotatable bonds is 1. The van der Waals surface area contributed by atoms with E-state index in [1.807, 2.05) is 0 Å². The van der Waals surface area contributed by atoms with Crippen molar-refractivity contribution in [2.45, 2.75) is 34.9 Å². The molecule has 124 valence electrons. The lowest BCUT2D eigenvalue weighted by molar-refractivity contribution is -0.290. The van der Waals surface area contributed by atoms with Gasteiger partial charge in [0.25, 0.3) is 10.2 Å². The van der Waals surface area contributed by atoms with Gasteiger partial charge in [0, 0.05) is 11.3 Å². The van der Waals surface area contributed by atoms with Gasteiger partial charge in [-0.25, -0.2) is 8.78 Å². The average Bonchev–Trinajstić information content (AvgIpc) is 2.43. The molecular formula is C12H8BrF8N. The smallest absolute Gasteiger partial charge is 0.380 e. The molecule has 2 unspecified atom stereocenters. The number of halogens is 9. The molecule has 0 heterocycles. The maximum atomic E-state index is 14.7. The van der Waals surface area contributed by atoms with Crippen LogP contribution in [0.25, 0.3) is 0 Å². The van der Waals surface area contributed by atoms with Crippen LogP contribution in [0.1, 0.15) is 11.1 Å². The van der Waals surface area contributed by atoms with Crippen LogP contribution < -0.4 is 5.73 Å². The van der Waals surface area contributed by atoms with Crippen LogP contribution in [-0.4, -0.2) is 22.3 Å². The van der Waals surface area contributed by atoms with Crippen molar-refractivity contribution in [2.24, 2.45) is 0 Å². The number of nitrogens with two attached hydrogens (primary N) is 1. The van der Waals surface area contributed by atoms with Crippen molar-refractivity contribution in [3.05, 3.63) is 29.3 Å². The largest absolute Gasteiger partial charge is 0.399 e. The Bertz CT molecular complexity index is 602. The standard InChI is InChI=1S/C12H8BrF8N/c1-5-4-6(2-3-7(5)22)8(14)9(13,15)11(18,19)12(20,21)10(8,16)17/h2-4H,22H2,1H3. The Morgan fingerprint density at radius 3 is 1.73 bits per heavy atom. The van der Waals surface area contributed by atoms with E-state index in [1.165, 1.54) is 22.9 Å². The number of benzene rings is 1. The summed E-state index contributed by atoms with van der Waals surface area (Å²) < 4.78 is 105. The SMILES string of the molecule is Cc1cc(C2(F)C(F)(F)C(F)(F)C(F)(F)C2(F)Br)ccc1N. The summed E-state index contributed by atoms with van der Waals surface area (Å²) in [7, 11) is 0. The molecule has 2 N–H and O–H groups in total. The second-order valence-electron chi connectivity index (χ2n) is 5.03. The summed E-state index contributed by atoms with van der Waals surface area (Å²) in [5, 5.41) is 0. The quantitative estimate of drug-likeness (QED) is 0.414. The minimum atomic E-state index is -6.25. The first kappa shape index (κ1) is 17.3. The van der Waals surface area contributed by atoms with Crippen molar-refractivity contribution in [1.29, 1.82) is 0 Å². The molecule has 1 saturated carbocycles. The summed E-state index contributed by atoms with van der Waals surface area (Å²) >= 11 is 1.43. The Balaban J connectivity index is 2.83. The molecule has 0 amide bonds. The lowest BCUT2D eigenvalue weighted by Crippen LogP contribution is -2.51. The van der Waals surface area contributed by atoms with Crippen LogP contribution in [0.5, 0.6) is 0 Å². The molecule has 2 atom stereocenters. The van der Waals surface area contributed by atoms with Gasteiger partial charge in [-0.1, -0.05) is 12.1 Å². The first-order chi connectivity index (χ1) is 9.66. The fraction of sp³-hybridized carbons (Fsp3) is 0.500. The second kappa shape index (κ2) is 4.27. The molecule has 10 heteroatoms. The monoisotopic (exact) mass is 397 g/mol. The van der Waals surface area contributed by atoms with Gasteiger partial charge >= 0.3 is 17.8 Å². The number of anilines is 1. The van der Waals surface area contributed by atoms with Gasteiger partial charge in [0.1, 0.15) is 0 Å². The van der Waals surface area contributed by atoms with E-state index in [4.69, 9.17) is 5.73 Å². The van der Waals surface area contributed by atoms with Gasteiger partial charge in [-0.2, -0.15) is 26.3 Å². The van der Waals surface area contributed by atoms with Gasteiger partial charge in [0.2, 0.25) is 0 Å². The highest BCUT2D eigenvalue weighted by atomic mass is 79.9. The minimum Gasteiger partial charge on any atom is -0.399 e. The third kappa shape index (κ3) is 1.54. The van der Waals surface area contributed by atoms with Crippen molar-refractivity contribution in [3.8, 4) is 0 Å². The Labute approximate surface area is 127 Å². The zero-order valence-electron chi connectivity index (χ0n) is 10.7. The molecule has 0 aliphatic heterocycles. The van der Waals surface area contributed by atoms with E-state index >= 15 is 0 Å². The molecule has 0 saturated heterocycles. The van der Waals surface area contributed by atoms with Crippen molar-refractivity contribution in [1.82, 2.24) is 0 Å². The summed E-state index contributed by atoms with van der Waals surface area (Å²) in [6.45, 7) is 1.19. The number of aryl methyl sites for hydroxylation is 1. The van der Waals surface area contributed by atoms with E-state index in [1.54, 1.807) is 0 Å². The molecule has 1 nitrogen and oxygen atoms in total. The third-order valence-electron chi connectivity index (χ3n) is 3.72. The highest BCUT2D eigenvalue weighted by molar-refractivity contribution is 9.10. The Morgan fingerprint density at radius 2 is 1.36 bits per heavy atom. The molecular weight excluding hydrogens is 390 g/mol. The molecule has 1 aliphatic carbocycles.